The molecule has 6 nitrogen and oxygen atoms in total. The first-order valence-electron chi connectivity index (χ1n) is 10.3. The molecule has 0 spiro atoms. The molecule has 0 saturated heterocycles. The summed E-state index contributed by atoms with van der Waals surface area (Å²) in [4.78, 5) is 25.1. The van der Waals surface area contributed by atoms with Crippen molar-refractivity contribution >= 4 is 40.8 Å². The molecule has 0 bridgehead atoms. The van der Waals surface area contributed by atoms with Gasteiger partial charge < -0.3 is 19.5 Å². The summed E-state index contributed by atoms with van der Waals surface area (Å²) < 4.78 is 16.8. The van der Waals surface area contributed by atoms with E-state index in [1.54, 1.807) is 66.7 Å². The molecule has 1 atom stereocenters. The summed E-state index contributed by atoms with van der Waals surface area (Å²) >= 11 is 12.2. The number of carbonyl (C=O) groups is 2. The second-order valence-electron chi connectivity index (χ2n) is 7.05. The average molecular weight is 488 g/mol. The number of hydrogen-bond acceptors (Lipinski definition) is 5. The zero-order chi connectivity index (χ0) is 23.8. The number of carbonyl (C=O) groups excluding carboxylic acids is 2. The summed E-state index contributed by atoms with van der Waals surface area (Å²) in [5.41, 5.74) is 0.598. The van der Waals surface area contributed by atoms with Gasteiger partial charge >= 0.3 is 5.97 Å². The van der Waals surface area contributed by atoms with E-state index in [4.69, 9.17) is 37.4 Å². The van der Waals surface area contributed by atoms with Crippen LogP contribution < -0.4 is 14.8 Å². The first-order chi connectivity index (χ1) is 15.9. The number of methoxy groups -OCH3 is 1. The standard InChI is InChI=1S/C25H23Cl2NO5/c1-3-8-23(24(29)28-19-10-5-4-9-17(19)25(30)31-2)33-22-12-7-6-11-21(22)32-20-14-13-16(26)15-18(20)27/h4-7,9-15,23H,3,8H2,1-2H3,(H,28,29). The number of halogens is 2. The van der Waals surface area contributed by atoms with Gasteiger partial charge in [-0.25, -0.2) is 4.79 Å². The lowest BCUT2D eigenvalue weighted by molar-refractivity contribution is -0.123. The largest absolute Gasteiger partial charge is 0.477 e. The maximum Gasteiger partial charge on any atom is 0.339 e. The van der Waals surface area contributed by atoms with Crippen LogP contribution in [0.25, 0.3) is 0 Å². The van der Waals surface area contributed by atoms with Crippen molar-refractivity contribution in [1.29, 1.82) is 0 Å². The van der Waals surface area contributed by atoms with Crippen molar-refractivity contribution < 1.29 is 23.8 Å². The Morgan fingerprint density at radius 3 is 2.33 bits per heavy atom. The van der Waals surface area contributed by atoms with Crippen LogP contribution in [0, 0.1) is 0 Å². The Labute approximate surface area is 202 Å². The molecule has 1 N–H and O–H groups in total. The number of esters is 1. The lowest BCUT2D eigenvalue weighted by Gasteiger charge is -2.21. The van der Waals surface area contributed by atoms with Crippen LogP contribution in [0.3, 0.4) is 0 Å². The second kappa shape index (κ2) is 11.6. The third kappa shape index (κ3) is 6.40. The highest BCUT2D eigenvalue weighted by Crippen LogP contribution is 2.36. The zero-order valence-corrected chi connectivity index (χ0v) is 19.7. The Morgan fingerprint density at radius 1 is 0.939 bits per heavy atom. The van der Waals surface area contributed by atoms with Gasteiger partial charge in [0.05, 0.1) is 23.4 Å². The van der Waals surface area contributed by atoms with Crippen molar-refractivity contribution in [3.63, 3.8) is 0 Å². The summed E-state index contributed by atoms with van der Waals surface area (Å²) in [5, 5.41) is 3.61. The smallest absolute Gasteiger partial charge is 0.339 e. The van der Waals surface area contributed by atoms with Crippen LogP contribution in [0.1, 0.15) is 30.1 Å². The molecule has 8 heteroatoms. The number of amides is 1. The fourth-order valence-corrected chi connectivity index (χ4v) is 3.51. The molecular formula is C25H23Cl2NO5. The van der Waals surface area contributed by atoms with E-state index in [-0.39, 0.29) is 5.56 Å². The molecule has 3 rings (SSSR count). The van der Waals surface area contributed by atoms with Crippen LogP contribution in [-0.4, -0.2) is 25.1 Å². The van der Waals surface area contributed by atoms with Crippen molar-refractivity contribution in [2.24, 2.45) is 0 Å². The topological polar surface area (TPSA) is 73.9 Å². The third-order valence-electron chi connectivity index (χ3n) is 4.67. The molecule has 33 heavy (non-hydrogen) atoms. The highest BCUT2D eigenvalue weighted by molar-refractivity contribution is 6.35. The van der Waals surface area contributed by atoms with Crippen LogP contribution in [0.4, 0.5) is 5.69 Å². The van der Waals surface area contributed by atoms with Crippen molar-refractivity contribution in [3.05, 3.63) is 82.3 Å². The highest BCUT2D eigenvalue weighted by Gasteiger charge is 2.23. The molecular weight excluding hydrogens is 465 g/mol. The fourth-order valence-electron chi connectivity index (χ4n) is 3.06. The van der Waals surface area contributed by atoms with Gasteiger partial charge in [-0.3, -0.25) is 4.79 Å². The molecule has 1 unspecified atom stereocenters. The van der Waals surface area contributed by atoms with Gasteiger partial charge in [0.2, 0.25) is 0 Å². The SMILES string of the molecule is CCCC(Oc1ccccc1Oc1ccc(Cl)cc1Cl)C(=O)Nc1ccccc1C(=O)OC. The van der Waals surface area contributed by atoms with E-state index in [0.717, 1.165) is 0 Å². The fraction of sp³-hybridized carbons (Fsp3) is 0.200. The van der Waals surface area contributed by atoms with E-state index in [1.807, 2.05) is 6.92 Å². The Balaban J connectivity index is 1.82. The van der Waals surface area contributed by atoms with Crippen LogP contribution >= 0.6 is 23.2 Å². The number of para-hydroxylation sites is 3. The molecule has 0 heterocycles. The molecule has 172 valence electrons. The molecule has 0 aliphatic carbocycles. The highest BCUT2D eigenvalue weighted by atomic mass is 35.5. The lowest BCUT2D eigenvalue weighted by atomic mass is 10.1. The van der Waals surface area contributed by atoms with Gasteiger partial charge in [0.15, 0.2) is 17.6 Å². The molecule has 0 saturated carbocycles. The number of hydrogen-bond donors (Lipinski definition) is 1. The third-order valence-corrected chi connectivity index (χ3v) is 5.20. The normalized spacial score (nSPS) is 11.4. The number of anilines is 1. The zero-order valence-electron chi connectivity index (χ0n) is 18.1. The van der Waals surface area contributed by atoms with Gasteiger partial charge in [0.1, 0.15) is 5.75 Å². The summed E-state index contributed by atoms with van der Waals surface area (Å²) in [5.74, 6) is 0.231. The van der Waals surface area contributed by atoms with Crippen LogP contribution in [0.2, 0.25) is 10.0 Å². The van der Waals surface area contributed by atoms with E-state index in [1.165, 1.54) is 7.11 Å². The minimum Gasteiger partial charge on any atom is -0.477 e. The predicted molar refractivity (Wildman–Crippen MR) is 129 cm³/mol. The second-order valence-corrected chi connectivity index (χ2v) is 7.89. The molecule has 3 aromatic rings. The summed E-state index contributed by atoms with van der Waals surface area (Å²) in [6.07, 6.45) is 0.316. The van der Waals surface area contributed by atoms with Crippen molar-refractivity contribution in [2.75, 3.05) is 12.4 Å². The number of rotatable bonds is 9. The van der Waals surface area contributed by atoms with Gasteiger partial charge in [-0.2, -0.15) is 0 Å². The van der Waals surface area contributed by atoms with Gasteiger partial charge in [-0.15, -0.1) is 0 Å². The minimum atomic E-state index is -0.828. The summed E-state index contributed by atoms with van der Waals surface area (Å²) in [7, 11) is 1.29. The maximum absolute atomic E-state index is 13.1. The average Bonchev–Trinajstić information content (AvgIpc) is 2.81. The summed E-state index contributed by atoms with van der Waals surface area (Å²) in [6.45, 7) is 1.95. The Bertz CT molecular complexity index is 1140. The Morgan fingerprint density at radius 2 is 1.64 bits per heavy atom. The van der Waals surface area contributed by atoms with Crippen LogP contribution in [-0.2, 0) is 9.53 Å². The van der Waals surface area contributed by atoms with Crippen LogP contribution in [0.15, 0.2) is 66.7 Å². The first kappa shape index (κ1) is 24.4. The Hall–Kier alpha value is -3.22. The first-order valence-corrected chi connectivity index (χ1v) is 11.0. The van der Waals surface area contributed by atoms with Gasteiger partial charge in [0.25, 0.3) is 5.91 Å². The van der Waals surface area contributed by atoms with E-state index in [0.29, 0.717) is 45.8 Å². The Kier molecular flexibility index (Phi) is 8.58. The maximum atomic E-state index is 13.1. The molecule has 0 aliphatic heterocycles. The molecule has 0 radical (unpaired) electrons. The number of nitrogens with one attached hydrogen (secondary N) is 1. The molecule has 0 fully saturated rings. The number of ether oxygens (including phenoxy) is 3. The molecule has 0 aromatic heterocycles. The lowest BCUT2D eigenvalue weighted by Crippen LogP contribution is -2.33. The minimum absolute atomic E-state index is 0.254. The molecule has 3 aromatic carbocycles. The quantitative estimate of drug-likeness (QED) is 0.337. The summed E-state index contributed by atoms with van der Waals surface area (Å²) in [6, 6.07) is 18.5. The van der Waals surface area contributed by atoms with Gasteiger partial charge in [0, 0.05) is 5.02 Å². The van der Waals surface area contributed by atoms with E-state index >= 15 is 0 Å². The van der Waals surface area contributed by atoms with Gasteiger partial charge in [-0.1, -0.05) is 60.8 Å². The van der Waals surface area contributed by atoms with Gasteiger partial charge in [-0.05, 0) is 48.9 Å². The van der Waals surface area contributed by atoms with E-state index in [9.17, 15) is 9.59 Å². The number of benzene rings is 3. The van der Waals surface area contributed by atoms with Crippen LogP contribution in [0.5, 0.6) is 17.2 Å². The van der Waals surface area contributed by atoms with Crippen molar-refractivity contribution in [2.45, 2.75) is 25.9 Å². The van der Waals surface area contributed by atoms with E-state index < -0.39 is 18.0 Å². The molecule has 0 aliphatic rings. The molecule has 1 amide bonds. The van der Waals surface area contributed by atoms with Crippen molar-refractivity contribution in [1.82, 2.24) is 0 Å². The van der Waals surface area contributed by atoms with Crippen molar-refractivity contribution in [3.8, 4) is 17.2 Å². The predicted octanol–water partition coefficient (Wildman–Crippen LogP) is 6.76. The van der Waals surface area contributed by atoms with E-state index in [2.05, 4.69) is 5.32 Å². The monoisotopic (exact) mass is 487 g/mol.